The van der Waals surface area contributed by atoms with Crippen LogP contribution in [-0.4, -0.2) is 0 Å². The average molecular weight is 210 g/mol. The number of benzene rings is 1. The zero-order valence-electron chi connectivity index (χ0n) is 9.05. The number of para-hydroxylation sites is 1. The summed E-state index contributed by atoms with van der Waals surface area (Å²) in [5, 5.41) is 1.14. The molecule has 2 heterocycles. The molecule has 1 aromatic carbocycles. The lowest BCUT2D eigenvalue weighted by Gasteiger charge is -1.92. The Hall–Kier alpha value is -2.09. The average Bonchev–Trinajstić information content (AvgIpc) is 2.72. The standard InChI is InChI=1S/C14H12NO/c1-15-8-4-6-12(10-15)14-9-11-5-2-3-7-13(11)16-14/h2-10H,1H3/q+1. The molecular weight excluding hydrogens is 198 g/mol. The van der Waals surface area contributed by atoms with Crippen LogP contribution in [0.2, 0.25) is 0 Å². The van der Waals surface area contributed by atoms with E-state index in [4.69, 9.17) is 4.42 Å². The highest BCUT2D eigenvalue weighted by atomic mass is 16.3. The summed E-state index contributed by atoms with van der Waals surface area (Å²) < 4.78 is 7.81. The van der Waals surface area contributed by atoms with Crippen LogP contribution in [0, 0.1) is 0 Å². The van der Waals surface area contributed by atoms with Crippen LogP contribution in [0.3, 0.4) is 0 Å². The summed E-state index contributed by atoms with van der Waals surface area (Å²) in [6.07, 6.45) is 4.06. The fourth-order valence-corrected chi connectivity index (χ4v) is 1.86. The van der Waals surface area contributed by atoms with Crippen LogP contribution in [0.1, 0.15) is 0 Å². The van der Waals surface area contributed by atoms with Crippen molar-refractivity contribution < 1.29 is 8.98 Å². The Labute approximate surface area is 93.8 Å². The molecule has 0 bridgehead atoms. The van der Waals surface area contributed by atoms with Crippen molar-refractivity contribution in [3.8, 4) is 11.3 Å². The lowest BCUT2D eigenvalue weighted by molar-refractivity contribution is -0.671. The Morgan fingerprint density at radius 2 is 1.94 bits per heavy atom. The summed E-state index contributed by atoms with van der Waals surface area (Å²) in [6, 6.07) is 14.2. The second kappa shape index (κ2) is 3.49. The molecule has 2 nitrogen and oxygen atoms in total. The Morgan fingerprint density at radius 1 is 1.06 bits per heavy atom. The number of aryl methyl sites for hydroxylation is 1. The zero-order chi connectivity index (χ0) is 11.0. The molecule has 0 unspecified atom stereocenters. The predicted molar refractivity (Wildman–Crippen MR) is 62.8 cm³/mol. The van der Waals surface area contributed by atoms with Crippen molar-refractivity contribution in [1.29, 1.82) is 0 Å². The lowest BCUT2D eigenvalue weighted by Crippen LogP contribution is -2.26. The minimum Gasteiger partial charge on any atom is -0.456 e. The number of rotatable bonds is 1. The minimum atomic E-state index is 0.914. The van der Waals surface area contributed by atoms with Crippen molar-refractivity contribution in [3.05, 3.63) is 54.9 Å². The first kappa shape index (κ1) is 9.16. The quantitative estimate of drug-likeness (QED) is 0.564. The van der Waals surface area contributed by atoms with Crippen LogP contribution in [0.25, 0.3) is 22.3 Å². The van der Waals surface area contributed by atoms with Crippen molar-refractivity contribution in [2.75, 3.05) is 0 Å². The van der Waals surface area contributed by atoms with Crippen molar-refractivity contribution >= 4 is 11.0 Å². The summed E-state index contributed by atoms with van der Waals surface area (Å²) in [5.41, 5.74) is 2.03. The fraction of sp³-hybridized carbons (Fsp3) is 0.0714. The summed E-state index contributed by atoms with van der Waals surface area (Å²) in [4.78, 5) is 0. The highest BCUT2D eigenvalue weighted by Gasteiger charge is 2.07. The van der Waals surface area contributed by atoms with E-state index >= 15 is 0 Å². The highest BCUT2D eigenvalue weighted by molar-refractivity contribution is 5.82. The second-order valence-electron chi connectivity index (χ2n) is 3.91. The normalized spacial score (nSPS) is 10.8. The molecule has 2 aromatic heterocycles. The van der Waals surface area contributed by atoms with Gasteiger partial charge in [-0.05, 0) is 18.2 Å². The molecule has 3 rings (SSSR count). The Balaban J connectivity index is 2.19. The van der Waals surface area contributed by atoms with Gasteiger partial charge in [-0.2, -0.15) is 0 Å². The molecule has 78 valence electrons. The van der Waals surface area contributed by atoms with E-state index in [0.717, 1.165) is 22.3 Å². The predicted octanol–water partition coefficient (Wildman–Crippen LogP) is 2.92. The SMILES string of the molecule is C[n+]1cccc(-c2cc3ccccc3o2)c1. The summed E-state index contributed by atoms with van der Waals surface area (Å²) in [7, 11) is 2.01. The molecule has 0 amide bonds. The number of pyridine rings is 1. The number of nitrogens with zero attached hydrogens (tertiary/aromatic N) is 1. The molecule has 0 atom stereocenters. The number of hydrogen-bond acceptors (Lipinski definition) is 1. The highest BCUT2D eigenvalue weighted by Crippen LogP contribution is 2.26. The molecule has 0 N–H and O–H groups in total. The molecule has 0 aliphatic carbocycles. The third-order valence-electron chi connectivity index (χ3n) is 2.65. The third-order valence-corrected chi connectivity index (χ3v) is 2.65. The zero-order valence-corrected chi connectivity index (χ0v) is 9.05. The van der Waals surface area contributed by atoms with E-state index in [-0.39, 0.29) is 0 Å². The molecule has 0 fully saturated rings. The Kier molecular flexibility index (Phi) is 2.00. The van der Waals surface area contributed by atoms with Gasteiger partial charge in [0, 0.05) is 11.5 Å². The van der Waals surface area contributed by atoms with Gasteiger partial charge in [0.2, 0.25) is 0 Å². The van der Waals surface area contributed by atoms with E-state index in [1.54, 1.807) is 0 Å². The van der Waals surface area contributed by atoms with Gasteiger partial charge >= 0.3 is 0 Å². The van der Waals surface area contributed by atoms with Gasteiger partial charge in [-0.3, -0.25) is 0 Å². The van der Waals surface area contributed by atoms with Gasteiger partial charge < -0.3 is 4.42 Å². The van der Waals surface area contributed by atoms with Gasteiger partial charge in [-0.1, -0.05) is 18.2 Å². The number of hydrogen-bond donors (Lipinski definition) is 0. The summed E-state index contributed by atoms with van der Waals surface area (Å²) in [5.74, 6) is 0.914. The van der Waals surface area contributed by atoms with Crippen LogP contribution < -0.4 is 4.57 Å². The molecule has 16 heavy (non-hydrogen) atoms. The van der Waals surface area contributed by atoms with E-state index in [0.29, 0.717) is 0 Å². The van der Waals surface area contributed by atoms with E-state index in [1.165, 1.54) is 0 Å². The number of furan rings is 1. The van der Waals surface area contributed by atoms with Crippen molar-refractivity contribution in [3.63, 3.8) is 0 Å². The maximum atomic E-state index is 5.80. The monoisotopic (exact) mass is 210 g/mol. The van der Waals surface area contributed by atoms with Gasteiger partial charge in [-0.25, -0.2) is 4.57 Å². The Morgan fingerprint density at radius 3 is 2.75 bits per heavy atom. The van der Waals surface area contributed by atoms with Gasteiger partial charge in [0.1, 0.15) is 18.4 Å². The molecule has 0 radical (unpaired) electrons. The lowest BCUT2D eigenvalue weighted by atomic mass is 10.2. The molecule has 0 aliphatic rings. The molecule has 2 heteroatoms. The van der Waals surface area contributed by atoms with E-state index in [1.807, 2.05) is 42.1 Å². The first-order chi connectivity index (χ1) is 7.83. The van der Waals surface area contributed by atoms with Gasteiger partial charge in [-0.15, -0.1) is 0 Å². The third kappa shape index (κ3) is 1.48. The second-order valence-corrected chi connectivity index (χ2v) is 3.91. The van der Waals surface area contributed by atoms with Crippen molar-refractivity contribution in [1.82, 2.24) is 0 Å². The number of fused-ring (bicyclic) bond motifs is 1. The largest absolute Gasteiger partial charge is 0.456 e. The van der Waals surface area contributed by atoms with Gasteiger partial charge in [0.25, 0.3) is 0 Å². The van der Waals surface area contributed by atoms with Crippen LogP contribution in [0.15, 0.2) is 59.3 Å². The maximum absolute atomic E-state index is 5.80. The van der Waals surface area contributed by atoms with Crippen LogP contribution in [-0.2, 0) is 7.05 Å². The first-order valence-corrected chi connectivity index (χ1v) is 5.27. The van der Waals surface area contributed by atoms with Crippen LogP contribution in [0.5, 0.6) is 0 Å². The topological polar surface area (TPSA) is 17.0 Å². The molecule has 0 saturated carbocycles. The molecule has 3 aromatic rings. The van der Waals surface area contributed by atoms with Crippen molar-refractivity contribution in [2.45, 2.75) is 0 Å². The van der Waals surface area contributed by atoms with Gasteiger partial charge in [0.05, 0.1) is 5.56 Å². The Bertz CT molecular complexity index is 607. The maximum Gasteiger partial charge on any atom is 0.179 e. The van der Waals surface area contributed by atoms with Crippen LogP contribution >= 0.6 is 0 Å². The molecular formula is C14H12NO+. The van der Waals surface area contributed by atoms with E-state index in [2.05, 4.69) is 24.4 Å². The minimum absolute atomic E-state index is 0.914. The fourth-order valence-electron chi connectivity index (χ4n) is 1.86. The van der Waals surface area contributed by atoms with Gasteiger partial charge in [0.15, 0.2) is 12.4 Å². The van der Waals surface area contributed by atoms with Crippen LogP contribution in [0.4, 0.5) is 0 Å². The van der Waals surface area contributed by atoms with Crippen molar-refractivity contribution in [2.24, 2.45) is 7.05 Å². The first-order valence-electron chi connectivity index (χ1n) is 5.27. The molecule has 0 aliphatic heterocycles. The van der Waals surface area contributed by atoms with E-state index < -0.39 is 0 Å². The smallest absolute Gasteiger partial charge is 0.179 e. The summed E-state index contributed by atoms with van der Waals surface area (Å²) in [6.45, 7) is 0. The number of aromatic nitrogens is 1. The van der Waals surface area contributed by atoms with E-state index in [9.17, 15) is 0 Å². The molecule has 0 saturated heterocycles. The summed E-state index contributed by atoms with van der Waals surface area (Å²) >= 11 is 0. The molecule has 0 spiro atoms.